The fourth-order valence-electron chi connectivity index (χ4n) is 3.33. The Balaban J connectivity index is 1.60. The van der Waals surface area contributed by atoms with Crippen LogP contribution in [-0.4, -0.2) is 21.1 Å². The number of benzene rings is 3. The molecule has 1 aliphatic heterocycles. The topological polar surface area (TPSA) is 75.7 Å². The molecule has 1 aliphatic rings. The van der Waals surface area contributed by atoms with Crippen LogP contribution in [0.5, 0.6) is 5.75 Å². The van der Waals surface area contributed by atoms with E-state index < -0.39 is 16.1 Å². The maximum absolute atomic E-state index is 13.1. The Labute approximate surface area is 169 Å². The Kier molecular flexibility index (Phi) is 5.22. The molecule has 0 radical (unpaired) electrons. The summed E-state index contributed by atoms with van der Waals surface area (Å²) in [7, 11) is -3.68. The van der Waals surface area contributed by atoms with Crippen LogP contribution in [0.3, 0.4) is 0 Å². The summed E-state index contributed by atoms with van der Waals surface area (Å²) in [6.45, 7) is 0.391. The predicted octanol–water partition coefficient (Wildman–Crippen LogP) is 4.44. The Morgan fingerprint density at radius 2 is 1.62 bits per heavy atom. The fraction of sp³-hybridized carbons (Fsp3) is 0.136. The molecule has 0 spiro atoms. The first-order valence-corrected chi connectivity index (χ1v) is 10.7. The summed E-state index contributed by atoms with van der Waals surface area (Å²) in [4.78, 5) is 12.4. The molecule has 0 saturated carbocycles. The maximum atomic E-state index is 13.1. The molecule has 1 amide bonds. The largest absolute Gasteiger partial charge is 0.417 e. The number of nitrogens with zero attached hydrogens (tertiary/aromatic N) is 1. The van der Waals surface area contributed by atoms with Crippen LogP contribution in [0.1, 0.15) is 12.0 Å². The van der Waals surface area contributed by atoms with E-state index in [4.69, 9.17) is 4.74 Å². The number of anilines is 2. The van der Waals surface area contributed by atoms with Gasteiger partial charge in [0.2, 0.25) is 0 Å². The highest BCUT2D eigenvalue weighted by molar-refractivity contribution is 7.92. The van der Waals surface area contributed by atoms with Gasteiger partial charge < -0.3 is 4.74 Å². The van der Waals surface area contributed by atoms with E-state index in [0.717, 1.165) is 18.4 Å². The molecule has 148 valence electrons. The molecule has 1 heterocycles. The number of carbonyl (C=O) groups is 1. The standard InChI is InChI=1S/C22H20N2O4S/c25-22(28-19-9-3-1-4-10-19)23-18-14-13-17-8-7-15-24(21(17)16-18)29(26,27)20-11-5-2-6-12-20/h1-6,9-14,16H,7-8,15H2,(H,23,25). The van der Waals surface area contributed by atoms with Crippen LogP contribution in [0.4, 0.5) is 16.2 Å². The molecule has 0 fully saturated rings. The lowest BCUT2D eigenvalue weighted by atomic mass is 10.0. The van der Waals surface area contributed by atoms with E-state index in [2.05, 4.69) is 5.32 Å². The van der Waals surface area contributed by atoms with Crippen LogP contribution < -0.4 is 14.4 Å². The number of fused-ring (bicyclic) bond motifs is 1. The van der Waals surface area contributed by atoms with Crippen molar-refractivity contribution in [1.82, 2.24) is 0 Å². The number of carbonyl (C=O) groups excluding carboxylic acids is 1. The minimum atomic E-state index is -3.68. The Hall–Kier alpha value is -3.32. The van der Waals surface area contributed by atoms with Crippen molar-refractivity contribution in [2.24, 2.45) is 0 Å². The number of ether oxygens (including phenoxy) is 1. The van der Waals surface area contributed by atoms with E-state index in [1.807, 2.05) is 12.1 Å². The van der Waals surface area contributed by atoms with Gasteiger partial charge in [-0.2, -0.15) is 0 Å². The van der Waals surface area contributed by atoms with Crippen LogP contribution in [0.15, 0.2) is 83.8 Å². The third-order valence-corrected chi connectivity index (χ3v) is 6.52. The molecule has 3 aromatic carbocycles. The van der Waals surface area contributed by atoms with Crippen molar-refractivity contribution in [3.8, 4) is 5.75 Å². The molecule has 7 heteroatoms. The average molecular weight is 408 g/mol. The molecule has 6 nitrogen and oxygen atoms in total. The zero-order valence-corrected chi connectivity index (χ0v) is 16.4. The summed E-state index contributed by atoms with van der Waals surface area (Å²) in [6.07, 6.45) is 0.886. The summed E-state index contributed by atoms with van der Waals surface area (Å²) in [5, 5.41) is 2.67. The number of rotatable bonds is 4. The van der Waals surface area contributed by atoms with E-state index in [1.54, 1.807) is 66.7 Å². The third-order valence-electron chi connectivity index (χ3n) is 4.69. The van der Waals surface area contributed by atoms with Crippen molar-refractivity contribution in [1.29, 1.82) is 0 Å². The molecule has 0 atom stereocenters. The first kappa shape index (κ1) is 19.0. The molecule has 0 aliphatic carbocycles. The quantitative estimate of drug-likeness (QED) is 0.693. The van der Waals surface area contributed by atoms with E-state index >= 15 is 0 Å². The number of sulfonamides is 1. The zero-order chi connectivity index (χ0) is 20.3. The first-order chi connectivity index (χ1) is 14.0. The lowest BCUT2D eigenvalue weighted by Crippen LogP contribution is -2.35. The van der Waals surface area contributed by atoms with Gasteiger partial charge in [-0.25, -0.2) is 13.2 Å². The van der Waals surface area contributed by atoms with Crippen LogP contribution in [0, 0.1) is 0 Å². The predicted molar refractivity (Wildman–Crippen MR) is 112 cm³/mol. The van der Waals surface area contributed by atoms with Crippen molar-refractivity contribution >= 4 is 27.5 Å². The second-order valence-electron chi connectivity index (χ2n) is 6.66. The van der Waals surface area contributed by atoms with Gasteiger partial charge in [-0.15, -0.1) is 0 Å². The summed E-state index contributed by atoms with van der Waals surface area (Å²) >= 11 is 0. The van der Waals surface area contributed by atoms with Crippen molar-refractivity contribution in [3.05, 3.63) is 84.4 Å². The monoisotopic (exact) mass is 408 g/mol. The van der Waals surface area contributed by atoms with Gasteiger partial charge in [0.05, 0.1) is 10.6 Å². The average Bonchev–Trinajstić information content (AvgIpc) is 2.74. The molecule has 1 N–H and O–H groups in total. The second-order valence-corrected chi connectivity index (χ2v) is 8.53. The summed E-state index contributed by atoms with van der Waals surface area (Å²) < 4.78 is 32.9. The number of para-hydroxylation sites is 1. The molecule has 4 rings (SSSR count). The highest BCUT2D eigenvalue weighted by atomic mass is 32.2. The Morgan fingerprint density at radius 3 is 2.34 bits per heavy atom. The van der Waals surface area contributed by atoms with Gasteiger partial charge in [-0.05, 0) is 54.8 Å². The van der Waals surface area contributed by atoms with Gasteiger partial charge in [-0.1, -0.05) is 42.5 Å². The summed E-state index contributed by atoms with van der Waals surface area (Å²) in [5.74, 6) is 0.427. The molecule has 3 aromatic rings. The van der Waals surface area contributed by atoms with Gasteiger partial charge in [0.25, 0.3) is 10.0 Å². The lowest BCUT2D eigenvalue weighted by molar-refractivity contribution is 0.215. The van der Waals surface area contributed by atoms with E-state index in [0.29, 0.717) is 23.7 Å². The Morgan fingerprint density at radius 1 is 0.931 bits per heavy atom. The van der Waals surface area contributed by atoms with Gasteiger partial charge in [0.15, 0.2) is 0 Å². The normalized spacial score (nSPS) is 13.4. The second kappa shape index (κ2) is 7.97. The van der Waals surface area contributed by atoms with E-state index in [1.165, 1.54) is 4.31 Å². The Bertz CT molecular complexity index is 1120. The molecule has 29 heavy (non-hydrogen) atoms. The van der Waals surface area contributed by atoms with Gasteiger partial charge in [0, 0.05) is 12.2 Å². The molecule has 0 saturated heterocycles. The van der Waals surface area contributed by atoms with Crippen LogP contribution in [0.25, 0.3) is 0 Å². The highest BCUT2D eigenvalue weighted by Gasteiger charge is 2.29. The summed E-state index contributed by atoms with van der Waals surface area (Å²) in [5.41, 5.74) is 1.98. The number of nitrogens with one attached hydrogen (secondary N) is 1. The maximum Gasteiger partial charge on any atom is 0.417 e. The molecular formula is C22H20N2O4S. The number of amides is 1. The van der Waals surface area contributed by atoms with E-state index in [-0.39, 0.29) is 4.90 Å². The molecular weight excluding hydrogens is 388 g/mol. The molecule has 0 aromatic heterocycles. The first-order valence-electron chi connectivity index (χ1n) is 9.29. The third kappa shape index (κ3) is 4.09. The van der Waals surface area contributed by atoms with E-state index in [9.17, 15) is 13.2 Å². The SMILES string of the molecule is O=C(Nc1ccc2c(c1)N(S(=O)(=O)c1ccccc1)CCC2)Oc1ccccc1. The number of aryl methyl sites for hydroxylation is 1. The fourth-order valence-corrected chi connectivity index (χ4v) is 4.88. The molecule has 0 bridgehead atoms. The van der Waals surface area contributed by atoms with Crippen molar-refractivity contribution < 1.29 is 17.9 Å². The van der Waals surface area contributed by atoms with Crippen LogP contribution in [0.2, 0.25) is 0 Å². The van der Waals surface area contributed by atoms with Crippen molar-refractivity contribution in [2.45, 2.75) is 17.7 Å². The van der Waals surface area contributed by atoms with Crippen LogP contribution >= 0.6 is 0 Å². The van der Waals surface area contributed by atoms with Gasteiger partial charge in [0.1, 0.15) is 5.75 Å². The number of hydrogen-bond acceptors (Lipinski definition) is 4. The minimum absolute atomic E-state index is 0.245. The zero-order valence-electron chi connectivity index (χ0n) is 15.6. The highest BCUT2D eigenvalue weighted by Crippen LogP contribution is 2.34. The van der Waals surface area contributed by atoms with Crippen molar-refractivity contribution in [2.75, 3.05) is 16.2 Å². The van der Waals surface area contributed by atoms with Crippen LogP contribution in [-0.2, 0) is 16.4 Å². The smallest absolute Gasteiger partial charge is 0.410 e. The van der Waals surface area contributed by atoms with Gasteiger partial charge in [-0.3, -0.25) is 9.62 Å². The summed E-state index contributed by atoms with van der Waals surface area (Å²) in [6, 6.07) is 22.4. The number of hydrogen-bond donors (Lipinski definition) is 1. The van der Waals surface area contributed by atoms with Crippen molar-refractivity contribution in [3.63, 3.8) is 0 Å². The van der Waals surface area contributed by atoms with Gasteiger partial charge >= 0.3 is 6.09 Å². The minimum Gasteiger partial charge on any atom is -0.410 e. The lowest BCUT2D eigenvalue weighted by Gasteiger charge is -2.31. The molecule has 0 unspecified atom stereocenters.